The Balaban J connectivity index is 0.000000204. The van der Waals surface area contributed by atoms with E-state index in [0.29, 0.717) is 57.8 Å². The molecule has 11 aromatic carbocycles. The van der Waals surface area contributed by atoms with Crippen LogP contribution in [0.1, 0.15) is 168 Å². The Hall–Kier alpha value is -6.87. The topological polar surface area (TPSA) is 34.1 Å². The third kappa shape index (κ3) is 18.4. The molecule has 0 atom stereocenters. The Morgan fingerprint density at radius 3 is 0.782 bits per heavy atom. The number of benzene rings is 11. The molecule has 0 aliphatic heterocycles. The van der Waals surface area contributed by atoms with E-state index >= 15 is 0 Å². The maximum atomic E-state index is 13.3. The van der Waals surface area contributed by atoms with E-state index < -0.39 is 24.2 Å². The lowest BCUT2D eigenvalue weighted by Crippen LogP contribution is -2.37. The van der Waals surface area contributed by atoms with Crippen LogP contribution in [0, 0.1) is 88.2 Å². The van der Waals surface area contributed by atoms with Crippen LogP contribution in [-0.2, 0) is 0 Å². The first-order chi connectivity index (χ1) is 47.8. The van der Waals surface area contributed by atoms with Crippen molar-refractivity contribution in [3.05, 3.63) is 200 Å². The minimum atomic E-state index is -1.99. The monoisotopic (exact) mass is 1510 g/mol. The largest absolute Gasteiger partial charge is 0.289 e. The van der Waals surface area contributed by atoms with Crippen molar-refractivity contribution in [3.63, 3.8) is 0 Å². The first-order valence-electron chi connectivity index (χ1n) is 37.6. The van der Waals surface area contributed by atoms with Crippen molar-refractivity contribution < 1.29 is 9.59 Å². The molecule has 0 fully saturated rings. The maximum Gasteiger partial charge on any atom is 0.194 e. The summed E-state index contributed by atoms with van der Waals surface area (Å²) in [5.74, 6) is 14.1. The van der Waals surface area contributed by atoms with Crippen LogP contribution in [0.25, 0.3) is 86.2 Å². The molecular weight excluding hydrogens is 1410 g/mol. The summed E-state index contributed by atoms with van der Waals surface area (Å²) in [5.41, 5.74) is 16.1. The zero-order valence-electron chi connectivity index (χ0n) is 63.7. The minimum absolute atomic E-state index is 0.0884. The molecule has 0 heterocycles. The molecule has 1 aliphatic carbocycles. The average Bonchev–Trinajstić information content (AvgIpc) is 0.733. The molecule has 0 amide bonds. The SMILES string of the molecule is C#C[Si](CC(C)C)(CC(C)C)CC(C)C.CC(C)C[Si](C#Cc1c2cc3ccc(Br)cc3cc2c(C#C[Si](CC(C)C)(CC(C)C)CC(C)C)c2cc3cc4ccccc4cc3cc12)(CC(C)C)CC(C)C.O=C1c2cc3ccc(Br)cc3cc2C(=O)c2cc3cc4ccccc4cc3cc21. The summed E-state index contributed by atoms with van der Waals surface area (Å²) in [4.78, 5) is 26.6. The molecule has 2 nitrogen and oxygen atoms in total. The number of fused-ring (bicyclic) bond motifs is 10. The van der Waals surface area contributed by atoms with Crippen molar-refractivity contribution in [2.75, 3.05) is 0 Å². The number of rotatable bonds is 18. The Kier molecular flexibility index (Phi) is 24.6. The van der Waals surface area contributed by atoms with Crippen molar-refractivity contribution in [2.45, 2.75) is 179 Å². The van der Waals surface area contributed by atoms with Crippen LogP contribution in [0.3, 0.4) is 0 Å². The molecule has 522 valence electrons. The van der Waals surface area contributed by atoms with Crippen LogP contribution in [0.2, 0.25) is 54.4 Å². The van der Waals surface area contributed by atoms with Crippen molar-refractivity contribution in [1.82, 2.24) is 0 Å². The van der Waals surface area contributed by atoms with E-state index in [-0.39, 0.29) is 11.6 Å². The summed E-state index contributed by atoms with van der Waals surface area (Å²) in [6, 6.07) is 67.0. The number of hydrogen-bond acceptors (Lipinski definition) is 2. The van der Waals surface area contributed by atoms with E-state index in [9.17, 15) is 9.59 Å². The van der Waals surface area contributed by atoms with E-state index in [1.165, 1.54) is 119 Å². The number of carbonyl (C=O) groups is 2. The van der Waals surface area contributed by atoms with E-state index in [2.05, 4.69) is 288 Å². The second-order valence-electron chi connectivity index (χ2n) is 33.9. The Morgan fingerprint density at radius 1 is 0.287 bits per heavy atom. The molecule has 0 radical (unpaired) electrons. The lowest BCUT2D eigenvalue weighted by atomic mass is 9.81. The second kappa shape index (κ2) is 32.4. The standard InChI is InChI=1S/C54H67BrSi2.C26H13BrO2.C14H28Si/c1-36(2)30-56(31-37(3)4,32-38(5)6)21-19-49-51-26-44-17-18-48(55)25-47(44)29-54(51)50(20-22-57(33-39(7)8,34-40(9)10)35-41(11)12)53-28-46-24-43-16-14-13-15-42(43)23-45(46)27-52(49)53;27-20-6-5-16-10-21-24(13-19(16)9-20)26(29)23-12-18-8-15-4-2-1-3-14(15)7-17(18)11-22(23)25(21)28;1-8-15(9-12(2)3,10-13(4)5)11-14(6)7/h13-18,23-29,36-41H,30-35H2,1-12H3;1-13H;1,12-14H,9-11H2,2-7H3. The summed E-state index contributed by atoms with van der Waals surface area (Å²) < 4.78 is 2.04. The van der Waals surface area contributed by atoms with Crippen LogP contribution < -0.4 is 0 Å². The van der Waals surface area contributed by atoms with E-state index in [0.717, 1.165) is 59.0 Å². The van der Waals surface area contributed by atoms with Crippen molar-refractivity contribution in [1.29, 1.82) is 0 Å². The van der Waals surface area contributed by atoms with Crippen LogP contribution in [0.15, 0.2) is 167 Å². The van der Waals surface area contributed by atoms with Gasteiger partial charge in [-0.2, -0.15) is 0 Å². The fourth-order valence-corrected chi connectivity index (χ4v) is 35.7. The number of terminal acetylenes is 1. The lowest BCUT2D eigenvalue weighted by molar-refractivity contribution is 0.0979. The zero-order valence-corrected chi connectivity index (χ0v) is 69.9. The highest BCUT2D eigenvalue weighted by Crippen LogP contribution is 2.42. The lowest BCUT2D eigenvalue weighted by Gasteiger charge is -2.31. The molecule has 0 N–H and O–H groups in total. The van der Waals surface area contributed by atoms with Crippen LogP contribution in [0.5, 0.6) is 0 Å². The predicted octanol–water partition coefficient (Wildman–Crippen LogP) is 28.1. The van der Waals surface area contributed by atoms with Crippen LogP contribution >= 0.6 is 31.9 Å². The highest BCUT2D eigenvalue weighted by Gasteiger charge is 2.37. The molecule has 1 aliphatic rings. The second-order valence-corrected chi connectivity index (χ2v) is 47.9. The van der Waals surface area contributed by atoms with Gasteiger partial charge in [0.25, 0.3) is 0 Å². The van der Waals surface area contributed by atoms with Crippen LogP contribution in [-0.4, -0.2) is 35.8 Å². The van der Waals surface area contributed by atoms with Gasteiger partial charge in [-0.25, -0.2) is 0 Å². The van der Waals surface area contributed by atoms with E-state index in [1.807, 2.05) is 54.6 Å². The minimum Gasteiger partial charge on any atom is -0.289 e. The normalized spacial score (nSPS) is 12.8. The molecular formula is C94H108Br2O2Si3. The first-order valence-corrected chi connectivity index (χ1v) is 47.1. The van der Waals surface area contributed by atoms with Gasteiger partial charge in [-0.1, -0.05) is 229 Å². The molecule has 0 unspecified atom stereocenters. The molecule has 7 heteroatoms. The molecule has 0 aromatic heterocycles. The van der Waals surface area contributed by atoms with Gasteiger partial charge in [-0.3, -0.25) is 9.59 Å². The van der Waals surface area contributed by atoms with Gasteiger partial charge in [0.1, 0.15) is 24.2 Å². The van der Waals surface area contributed by atoms with Gasteiger partial charge in [0.15, 0.2) is 11.6 Å². The van der Waals surface area contributed by atoms with Crippen molar-refractivity contribution in [3.8, 4) is 34.9 Å². The highest BCUT2D eigenvalue weighted by atomic mass is 79.9. The third-order valence-electron chi connectivity index (χ3n) is 20.0. The van der Waals surface area contributed by atoms with Gasteiger partial charge in [0.2, 0.25) is 0 Å². The summed E-state index contributed by atoms with van der Waals surface area (Å²) in [5, 5.41) is 18.6. The highest BCUT2D eigenvalue weighted by molar-refractivity contribution is 9.10. The summed E-state index contributed by atoms with van der Waals surface area (Å²) in [7, 11) is -5.40. The average molecular weight is 1510 g/mol. The van der Waals surface area contributed by atoms with Gasteiger partial charge in [-0.05, 0) is 291 Å². The van der Waals surface area contributed by atoms with Gasteiger partial charge in [-0.15, -0.1) is 23.1 Å². The Bertz CT molecular complexity index is 5030. The van der Waals surface area contributed by atoms with Gasteiger partial charge in [0, 0.05) is 42.3 Å². The smallest absolute Gasteiger partial charge is 0.194 e. The number of carbonyl (C=O) groups excluding carboxylic acids is 2. The number of ketones is 2. The zero-order chi connectivity index (χ0) is 73.0. The fraction of sp³-hybridized carbons (Fsp3) is 0.383. The maximum absolute atomic E-state index is 13.3. The summed E-state index contributed by atoms with van der Waals surface area (Å²) in [6.07, 6.45) is 5.86. The predicted molar refractivity (Wildman–Crippen MR) is 458 cm³/mol. The van der Waals surface area contributed by atoms with Crippen molar-refractivity contribution in [2.24, 2.45) is 53.3 Å². The first kappa shape index (κ1) is 76.8. The Labute approximate surface area is 625 Å². The molecule has 11 aromatic rings. The van der Waals surface area contributed by atoms with Crippen LogP contribution in [0.4, 0.5) is 0 Å². The van der Waals surface area contributed by atoms with Gasteiger partial charge in [0.05, 0.1) is 0 Å². The van der Waals surface area contributed by atoms with Gasteiger partial charge < -0.3 is 0 Å². The molecule has 0 saturated carbocycles. The van der Waals surface area contributed by atoms with E-state index in [1.54, 1.807) is 0 Å². The van der Waals surface area contributed by atoms with E-state index in [4.69, 9.17) is 6.42 Å². The molecule has 12 rings (SSSR count). The van der Waals surface area contributed by atoms with Gasteiger partial charge >= 0.3 is 0 Å². The molecule has 101 heavy (non-hydrogen) atoms. The summed E-state index contributed by atoms with van der Waals surface area (Å²) >= 11 is 7.28. The molecule has 0 saturated heterocycles. The van der Waals surface area contributed by atoms with Crippen molar-refractivity contribution >= 4 is 154 Å². The number of halogens is 2. The fourth-order valence-electron chi connectivity index (χ4n) is 17.6. The molecule has 0 bridgehead atoms. The summed E-state index contributed by atoms with van der Waals surface area (Å²) in [6.45, 7) is 42.7. The molecule has 0 spiro atoms. The quantitative estimate of drug-likeness (QED) is 0.0487. The number of hydrogen-bond donors (Lipinski definition) is 0. The Morgan fingerprint density at radius 2 is 0.505 bits per heavy atom. The third-order valence-corrected chi connectivity index (χ3v) is 37.3.